The van der Waals surface area contributed by atoms with Gasteiger partial charge in [-0.1, -0.05) is 0 Å². The van der Waals surface area contributed by atoms with Crippen LogP contribution in [-0.2, 0) is 9.47 Å². The molecule has 128 valence electrons. The summed E-state index contributed by atoms with van der Waals surface area (Å²) < 4.78 is 12.2. The molecule has 1 N–H and O–H groups in total. The van der Waals surface area contributed by atoms with Crippen LogP contribution in [0.1, 0.15) is 31.1 Å². The van der Waals surface area contributed by atoms with Crippen molar-refractivity contribution < 1.29 is 19.1 Å². The molecule has 6 nitrogen and oxygen atoms in total. The molecule has 2 rings (SSSR count). The van der Waals surface area contributed by atoms with Crippen molar-refractivity contribution in [1.82, 2.24) is 9.88 Å². The number of carbonyl (C=O) groups excluding carboxylic acids is 2. The number of hydrogen-bond acceptors (Lipinski definition) is 4. The molecule has 0 unspecified atom stereocenters. The maximum atomic E-state index is 11.9. The summed E-state index contributed by atoms with van der Waals surface area (Å²) in [5, 5.41) is 2.53. The molecule has 0 aliphatic heterocycles. The Balaban J connectivity index is 1.76. The molecule has 0 radical (unpaired) electrons. The quantitative estimate of drug-likeness (QED) is 0.675. The highest BCUT2D eigenvalue weighted by molar-refractivity contribution is 5.89. The van der Waals surface area contributed by atoms with Crippen LogP contribution in [0.4, 0.5) is 4.79 Å². The fraction of sp³-hybridized carbons (Fsp3) is 0.333. The third-order valence-corrected chi connectivity index (χ3v) is 3.01. The van der Waals surface area contributed by atoms with Crippen LogP contribution in [0, 0.1) is 0 Å². The SMILES string of the molecule is CC(C)(C)OC(=O)NCCOC(=O)c1ccc(-n2cccc2)cc1. The lowest BCUT2D eigenvalue weighted by atomic mass is 10.2. The standard InChI is InChI=1S/C18H22N2O4/c1-18(2,3)24-17(22)19-10-13-23-16(21)14-6-8-15(9-7-14)20-11-4-5-12-20/h4-9,11-12H,10,13H2,1-3H3,(H,19,22). The summed E-state index contributed by atoms with van der Waals surface area (Å²) >= 11 is 0. The number of ether oxygens (including phenoxy) is 2. The van der Waals surface area contributed by atoms with Crippen molar-refractivity contribution in [1.29, 1.82) is 0 Å². The lowest BCUT2D eigenvalue weighted by Gasteiger charge is -2.19. The second-order valence-corrected chi connectivity index (χ2v) is 6.20. The van der Waals surface area contributed by atoms with Gasteiger partial charge in [0.25, 0.3) is 0 Å². The van der Waals surface area contributed by atoms with Gasteiger partial charge in [-0.05, 0) is 57.2 Å². The van der Waals surface area contributed by atoms with Crippen LogP contribution >= 0.6 is 0 Å². The second kappa shape index (κ2) is 7.68. The molecule has 0 saturated heterocycles. The number of rotatable bonds is 5. The van der Waals surface area contributed by atoms with Crippen LogP contribution < -0.4 is 5.32 Å². The van der Waals surface area contributed by atoms with E-state index in [4.69, 9.17) is 9.47 Å². The van der Waals surface area contributed by atoms with Gasteiger partial charge < -0.3 is 19.4 Å². The number of nitrogens with one attached hydrogen (secondary N) is 1. The lowest BCUT2D eigenvalue weighted by Crippen LogP contribution is -2.34. The molecule has 0 spiro atoms. The third kappa shape index (κ3) is 5.46. The first-order valence-corrected chi connectivity index (χ1v) is 7.72. The predicted octanol–water partition coefficient (Wildman–Crippen LogP) is 3.16. The van der Waals surface area contributed by atoms with Crippen molar-refractivity contribution in [3.63, 3.8) is 0 Å². The van der Waals surface area contributed by atoms with Crippen LogP contribution in [0.3, 0.4) is 0 Å². The Kier molecular flexibility index (Phi) is 5.63. The zero-order chi connectivity index (χ0) is 17.6. The number of nitrogens with zero attached hydrogens (tertiary/aromatic N) is 1. The molecule has 0 saturated carbocycles. The highest BCUT2D eigenvalue weighted by Gasteiger charge is 2.15. The molecule has 1 amide bonds. The van der Waals surface area contributed by atoms with Crippen LogP contribution in [0.2, 0.25) is 0 Å². The molecule has 0 aliphatic rings. The molecule has 24 heavy (non-hydrogen) atoms. The van der Waals surface area contributed by atoms with Gasteiger partial charge >= 0.3 is 12.1 Å². The fourth-order valence-electron chi connectivity index (χ4n) is 1.97. The monoisotopic (exact) mass is 330 g/mol. The zero-order valence-electron chi connectivity index (χ0n) is 14.1. The Bertz CT molecular complexity index is 670. The number of hydrogen-bond donors (Lipinski definition) is 1. The first kappa shape index (κ1) is 17.6. The topological polar surface area (TPSA) is 69.6 Å². The maximum Gasteiger partial charge on any atom is 0.407 e. The molecule has 1 aromatic carbocycles. The van der Waals surface area contributed by atoms with Gasteiger partial charge in [-0.25, -0.2) is 9.59 Å². The number of esters is 1. The van der Waals surface area contributed by atoms with E-state index in [2.05, 4.69) is 5.32 Å². The Hall–Kier alpha value is -2.76. The zero-order valence-corrected chi connectivity index (χ0v) is 14.1. The molecule has 6 heteroatoms. The van der Waals surface area contributed by atoms with E-state index in [9.17, 15) is 9.59 Å². The minimum atomic E-state index is -0.553. The molecule has 0 aliphatic carbocycles. The van der Waals surface area contributed by atoms with E-state index >= 15 is 0 Å². The third-order valence-electron chi connectivity index (χ3n) is 3.01. The van der Waals surface area contributed by atoms with E-state index in [1.807, 2.05) is 41.2 Å². The summed E-state index contributed by atoms with van der Waals surface area (Å²) in [5.74, 6) is -0.431. The predicted molar refractivity (Wildman–Crippen MR) is 90.3 cm³/mol. The summed E-state index contributed by atoms with van der Waals surface area (Å²) in [7, 11) is 0. The number of carbonyl (C=O) groups is 2. The molecular weight excluding hydrogens is 308 g/mol. The fourth-order valence-corrected chi connectivity index (χ4v) is 1.97. The van der Waals surface area contributed by atoms with Gasteiger partial charge in [0.1, 0.15) is 12.2 Å². The molecule has 1 aromatic heterocycles. The van der Waals surface area contributed by atoms with Crippen LogP contribution in [0.15, 0.2) is 48.8 Å². The van der Waals surface area contributed by atoms with Crippen molar-refractivity contribution in [2.24, 2.45) is 0 Å². The van der Waals surface area contributed by atoms with E-state index in [1.54, 1.807) is 32.9 Å². The van der Waals surface area contributed by atoms with Gasteiger partial charge in [0.2, 0.25) is 0 Å². The number of benzene rings is 1. The maximum absolute atomic E-state index is 11.9. The van der Waals surface area contributed by atoms with Crippen LogP contribution in [0.25, 0.3) is 5.69 Å². The van der Waals surface area contributed by atoms with Crippen molar-refractivity contribution in [3.8, 4) is 5.69 Å². The molecule has 0 bridgehead atoms. The number of aromatic nitrogens is 1. The molecular formula is C18H22N2O4. The van der Waals surface area contributed by atoms with Gasteiger partial charge in [0.15, 0.2) is 0 Å². The number of amides is 1. The van der Waals surface area contributed by atoms with E-state index in [1.165, 1.54) is 0 Å². The summed E-state index contributed by atoms with van der Waals surface area (Å²) in [4.78, 5) is 23.4. The van der Waals surface area contributed by atoms with Gasteiger partial charge in [-0.15, -0.1) is 0 Å². The number of alkyl carbamates (subject to hydrolysis) is 1. The Morgan fingerprint density at radius 2 is 1.71 bits per heavy atom. The molecule has 0 fully saturated rings. The van der Waals surface area contributed by atoms with Crippen molar-refractivity contribution in [2.75, 3.05) is 13.2 Å². The summed E-state index contributed by atoms with van der Waals surface area (Å²) in [5.41, 5.74) is 0.869. The van der Waals surface area contributed by atoms with E-state index in [0.717, 1.165) is 5.69 Å². The van der Waals surface area contributed by atoms with Crippen molar-refractivity contribution in [2.45, 2.75) is 26.4 Å². The molecule has 1 heterocycles. The van der Waals surface area contributed by atoms with Gasteiger partial charge in [-0.2, -0.15) is 0 Å². The van der Waals surface area contributed by atoms with E-state index in [0.29, 0.717) is 5.56 Å². The largest absolute Gasteiger partial charge is 0.460 e. The Morgan fingerprint density at radius 3 is 2.29 bits per heavy atom. The minimum Gasteiger partial charge on any atom is -0.460 e. The van der Waals surface area contributed by atoms with E-state index < -0.39 is 17.7 Å². The molecule has 0 atom stereocenters. The summed E-state index contributed by atoms with van der Waals surface area (Å²) in [6.07, 6.45) is 3.32. The molecule has 2 aromatic rings. The van der Waals surface area contributed by atoms with Crippen molar-refractivity contribution >= 4 is 12.1 Å². The average molecular weight is 330 g/mol. The Morgan fingerprint density at radius 1 is 1.08 bits per heavy atom. The smallest absolute Gasteiger partial charge is 0.407 e. The van der Waals surface area contributed by atoms with Crippen molar-refractivity contribution in [3.05, 3.63) is 54.4 Å². The Labute approximate surface area is 141 Å². The second-order valence-electron chi connectivity index (χ2n) is 6.20. The first-order chi connectivity index (χ1) is 11.3. The highest BCUT2D eigenvalue weighted by Crippen LogP contribution is 2.11. The van der Waals surface area contributed by atoms with Gasteiger partial charge in [0.05, 0.1) is 12.1 Å². The first-order valence-electron chi connectivity index (χ1n) is 7.72. The summed E-state index contributed by atoms with van der Waals surface area (Å²) in [6, 6.07) is 11.0. The van der Waals surface area contributed by atoms with Gasteiger partial charge in [-0.3, -0.25) is 0 Å². The van der Waals surface area contributed by atoms with Gasteiger partial charge in [0, 0.05) is 18.1 Å². The normalized spacial score (nSPS) is 11.0. The lowest BCUT2D eigenvalue weighted by molar-refractivity contribution is 0.0433. The minimum absolute atomic E-state index is 0.0808. The summed E-state index contributed by atoms with van der Waals surface area (Å²) in [6.45, 7) is 5.62. The average Bonchev–Trinajstić information content (AvgIpc) is 3.04. The van der Waals surface area contributed by atoms with E-state index in [-0.39, 0.29) is 13.2 Å². The van der Waals surface area contributed by atoms with Crippen LogP contribution in [-0.4, -0.2) is 35.4 Å². The highest BCUT2D eigenvalue weighted by atomic mass is 16.6. The van der Waals surface area contributed by atoms with Crippen LogP contribution in [0.5, 0.6) is 0 Å².